The maximum absolute atomic E-state index is 11.4. The van der Waals surface area contributed by atoms with Crippen molar-refractivity contribution in [3.05, 3.63) is 213 Å². The van der Waals surface area contributed by atoms with Crippen molar-refractivity contribution >= 4 is 11.4 Å². The Hall–Kier alpha value is -5.48. The van der Waals surface area contributed by atoms with Crippen LogP contribution in [-0.2, 0) is 17.4 Å². The van der Waals surface area contributed by atoms with Crippen LogP contribution >= 0.6 is 0 Å². The van der Waals surface area contributed by atoms with Crippen LogP contribution in [0.25, 0.3) is 0 Å². The fraction of sp³-hybridized carbons (Fsp3) is 0.182. The molecule has 1 heterocycles. The standard InChI is InChI=1S/C44H40N2O2/c1-42(2)32-43(3,34-16-8-4-9-17-34)40-30-38(26-29-41(40)45(42)31-33-24-27-39(28-25-33)46(47)48)44(35-18-10-5-11-19-35,36-20-12-6-13-21-36)37-22-14-7-15-23-37/h4-30H,31-32H2,1-3H3. The van der Waals surface area contributed by atoms with E-state index < -0.39 is 5.41 Å². The first kappa shape index (κ1) is 31.1. The van der Waals surface area contributed by atoms with Gasteiger partial charge in [-0.05, 0) is 65.3 Å². The number of non-ortho nitro benzene ring substituents is 1. The lowest BCUT2D eigenvalue weighted by molar-refractivity contribution is -0.384. The molecular formula is C44H40N2O2. The summed E-state index contributed by atoms with van der Waals surface area (Å²) in [7, 11) is 0. The Morgan fingerprint density at radius 2 is 1.10 bits per heavy atom. The fourth-order valence-corrected chi connectivity index (χ4v) is 8.16. The predicted octanol–water partition coefficient (Wildman–Crippen LogP) is 10.5. The van der Waals surface area contributed by atoms with Gasteiger partial charge in [-0.2, -0.15) is 0 Å². The van der Waals surface area contributed by atoms with Crippen LogP contribution in [0.3, 0.4) is 0 Å². The average molecular weight is 629 g/mol. The van der Waals surface area contributed by atoms with Crippen molar-refractivity contribution < 1.29 is 4.92 Å². The molecule has 7 rings (SSSR count). The Labute approximate surface area is 283 Å². The van der Waals surface area contributed by atoms with Crippen molar-refractivity contribution in [2.24, 2.45) is 0 Å². The minimum Gasteiger partial charge on any atom is -0.362 e. The van der Waals surface area contributed by atoms with Gasteiger partial charge in [-0.25, -0.2) is 0 Å². The molecular weight excluding hydrogens is 588 g/mol. The normalized spacial score (nSPS) is 17.0. The first-order valence-electron chi connectivity index (χ1n) is 16.6. The molecule has 0 bridgehead atoms. The van der Waals surface area contributed by atoms with Crippen LogP contribution in [0, 0.1) is 10.1 Å². The molecule has 6 aromatic carbocycles. The van der Waals surface area contributed by atoms with E-state index in [2.05, 4.69) is 165 Å². The Morgan fingerprint density at radius 1 is 0.625 bits per heavy atom. The molecule has 0 saturated heterocycles. The first-order chi connectivity index (χ1) is 23.2. The molecule has 0 saturated carbocycles. The van der Waals surface area contributed by atoms with Gasteiger partial charge in [-0.15, -0.1) is 0 Å². The zero-order valence-electron chi connectivity index (χ0n) is 27.7. The van der Waals surface area contributed by atoms with E-state index in [0.717, 1.165) is 12.0 Å². The molecule has 1 unspecified atom stereocenters. The van der Waals surface area contributed by atoms with E-state index in [1.54, 1.807) is 12.1 Å². The molecule has 0 aromatic heterocycles. The highest BCUT2D eigenvalue weighted by Crippen LogP contribution is 2.54. The number of fused-ring (bicyclic) bond motifs is 1. The fourth-order valence-electron chi connectivity index (χ4n) is 8.16. The highest BCUT2D eigenvalue weighted by molar-refractivity contribution is 5.69. The molecule has 1 atom stereocenters. The van der Waals surface area contributed by atoms with E-state index in [4.69, 9.17) is 0 Å². The molecule has 0 spiro atoms. The second-order valence-corrected chi connectivity index (χ2v) is 13.8. The molecule has 4 nitrogen and oxygen atoms in total. The van der Waals surface area contributed by atoms with Gasteiger partial charge in [-0.3, -0.25) is 10.1 Å². The van der Waals surface area contributed by atoms with Gasteiger partial charge in [0.1, 0.15) is 0 Å². The maximum Gasteiger partial charge on any atom is 0.269 e. The summed E-state index contributed by atoms with van der Waals surface area (Å²) in [6, 6.07) is 57.6. The van der Waals surface area contributed by atoms with Crippen LogP contribution in [0.5, 0.6) is 0 Å². The lowest BCUT2D eigenvalue weighted by Gasteiger charge is -2.53. The monoisotopic (exact) mass is 628 g/mol. The molecule has 0 N–H and O–H groups in total. The van der Waals surface area contributed by atoms with Crippen molar-refractivity contribution in [1.82, 2.24) is 0 Å². The van der Waals surface area contributed by atoms with E-state index in [-0.39, 0.29) is 21.6 Å². The van der Waals surface area contributed by atoms with Crippen LogP contribution < -0.4 is 4.90 Å². The van der Waals surface area contributed by atoms with Gasteiger partial charge in [0.2, 0.25) is 0 Å². The lowest BCUT2D eigenvalue weighted by atomic mass is 9.61. The van der Waals surface area contributed by atoms with Gasteiger partial charge < -0.3 is 4.90 Å². The molecule has 1 aliphatic rings. The summed E-state index contributed by atoms with van der Waals surface area (Å²) in [5.41, 5.74) is 8.69. The third-order valence-electron chi connectivity index (χ3n) is 10.4. The van der Waals surface area contributed by atoms with Crippen LogP contribution in [-0.4, -0.2) is 10.5 Å². The molecule has 0 aliphatic carbocycles. The van der Waals surface area contributed by atoms with Crippen LogP contribution in [0.15, 0.2) is 164 Å². The Kier molecular flexibility index (Phi) is 7.96. The number of rotatable bonds is 8. The zero-order chi connectivity index (χ0) is 33.4. The van der Waals surface area contributed by atoms with Gasteiger partial charge in [0.15, 0.2) is 0 Å². The topological polar surface area (TPSA) is 46.4 Å². The number of nitro benzene ring substituents is 1. The number of hydrogen-bond donors (Lipinski definition) is 0. The molecule has 1 aliphatic heterocycles. The molecule has 4 heteroatoms. The second-order valence-electron chi connectivity index (χ2n) is 13.8. The van der Waals surface area contributed by atoms with Crippen molar-refractivity contribution in [2.45, 2.75) is 50.1 Å². The highest BCUT2D eigenvalue weighted by Gasteiger charge is 2.47. The number of hydrogen-bond acceptors (Lipinski definition) is 3. The Morgan fingerprint density at radius 3 is 1.58 bits per heavy atom. The van der Waals surface area contributed by atoms with Crippen LogP contribution in [0.4, 0.5) is 11.4 Å². The third-order valence-corrected chi connectivity index (χ3v) is 10.4. The number of benzene rings is 6. The molecule has 0 radical (unpaired) electrons. The highest BCUT2D eigenvalue weighted by atomic mass is 16.6. The van der Waals surface area contributed by atoms with Crippen molar-refractivity contribution in [3.63, 3.8) is 0 Å². The number of nitrogens with zero attached hydrogens (tertiary/aromatic N) is 2. The summed E-state index contributed by atoms with van der Waals surface area (Å²) in [4.78, 5) is 13.5. The SMILES string of the molecule is CC1(c2ccccc2)CC(C)(C)N(Cc2ccc([N+](=O)[O-])cc2)c2ccc(C(c3ccccc3)(c3ccccc3)c3ccccc3)cc21. The van der Waals surface area contributed by atoms with E-state index in [1.807, 2.05) is 12.1 Å². The minimum atomic E-state index is -0.563. The molecule has 6 aromatic rings. The van der Waals surface area contributed by atoms with E-state index in [1.165, 1.54) is 39.1 Å². The van der Waals surface area contributed by atoms with Gasteiger partial charge >= 0.3 is 0 Å². The Bertz CT molecular complexity index is 1930. The van der Waals surface area contributed by atoms with E-state index >= 15 is 0 Å². The molecule has 48 heavy (non-hydrogen) atoms. The first-order valence-corrected chi connectivity index (χ1v) is 16.6. The van der Waals surface area contributed by atoms with Gasteiger partial charge in [0.05, 0.1) is 10.3 Å². The number of nitro groups is 1. The summed E-state index contributed by atoms with van der Waals surface area (Å²) in [5.74, 6) is 0. The van der Waals surface area contributed by atoms with Gasteiger partial charge in [-0.1, -0.05) is 153 Å². The summed E-state index contributed by atoms with van der Waals surface area (Å²) >= 11 is 0. The van der Waals surface area contributed by atoms with Crippen LogP contribution in [0.2, 0.25) is 0 Å². The lowest BCUT2D eigenvalue weighted by Crippen LogP contribution is -2.53. The summed E-state index contributed by atoms with van der Waals surface area (Å²) in [6.07, 6.45) is 0.891. The quantitative estimate of drug-likeness (QED) is 0.0957. The molecule has 0 amide bonds. The van der Waals surface area contributed by atoms with Gasteiger partial charge in [0.25, 0.3) is 5.69 Å². The Balaban J connectivity index is 1.50. The maximum atomic E-state index is 11.4. The third kappa shape index (κ3) is 5.28. The number of anilines is 1. The summed E-state index contributed by atoms with van der Waals surface area (Å²) < 4.78 is 0. The van der Waals surface area contributed by atoms with Crippen LogP contribution in [0.1, 0.15) is 66.1 Å². The largest absolute Gasteiger partial charge is 0.362 e. The second kappa shape index (κ2) is 12.3. The van der Waals surface area contributed by atoms with Crippen molar-refractivity contribution in [2.75, 3.05) is 4.90 Å². The minimum absolute atomic E-state index is 0.109. The zero-order valence-corrected chi connectivity index (χ0v) is 27.7. The van der Waals surface area contributed by atoms with E-state index in [0.29, 0.717) is 6.54 Å². The molecule has 0 fully saturated rings. The summed E-state index contributed by atoms with van der Waals surface area (Å²) in [5, 5.41) is 11.4. The van der Waals surface area contributed by atoms with Crippen molar-refractivity contribution in [3.8, 4) is 0 Å². The summed E-state index contributed by atoms with van der Waals surface area (Å²) in [6.45, 7) is 7.67. The molecule has 238 valence electrons. The van der Waals surface area contributed by atoms with E-state index in [9.17, 15) is 10.1 Å². The smallest absolute Gasteiger partial charge is 0.269 e. The predicted molar refractivity (Wildman–Crippen MR) is 196 cm³/mol. The van der Waals surface area contributed by atoms with Crippen molar-refractivity contribution in [1.29, 1.82) is 0 Å². The van der Waals surface area contributed by atoms with Gasteiger partial charge in [0, 0.05) is 35.3 Å². The average Bonchev–Trinajstić information content (AvgIpc) is 3.12.